The van der Waals surface area contributed by atoms with Gasteiger partial charge in [-0.05, 0) is 63.2 Å². The molecule has 11 heteroatoms. The van der Waals surface area contributed by atoms with Gasteiger partial charge in [-0.25, -0.2) is 17.7 Å². The first kappa shape index (κ1) is 28.9. The Bertz CT molecular complexity index is 1780. The molecule has 0 bridgehead atoms. The molecule has 4 rings (SSSR count). The van der Waals surface area contributed by atoms with Gasteiger partial charge in [0, 0.05) is 43.2 Å². The summed E-state index contributed by atoms with van der Waals surface area (Å²) in [5, 5.41) is 5.79. The molecule has 0 aliphatic rings. The number of pyridine rings is 1. The minimum atomic E-state index is -1.25. The van der Waals surface area contributed by atoms with E-state index in [1.54, 1.807) is 67.9 Å². The van der Waals surface area contributed by atoms with Crippen LogP contribution < -0.4 is 21.8 Å². The number of likely N-dealkylation sites (N-methyl/N-ethyl adjacent to an activating group) is 1. The number of anilines is 3. The molecule has 0 fully saturated rings. The molecule has 0 saturated carbocycles. The average Bonchev–Trinajstić information content (AvgIpc) is 2.87. The number of rotatable bonds is 8. The van der Waals surface area contributed by atoms with Gasteiger partial charge in [-0.1, -0.05) is 18.2 Å². The normalized spacial score (nSPS) is 12.1. The number of amides is 1. The zero-order valence-electron chi connectivity index (χ0n) is 23.2. The molecular formula is C29H31FN4O5S. The highest BCUT2D eigenvalue weighted by atomic mass is 32.2. The number of halogens is 1. The quantitative estimate of drug-likeness (QED) is 0.322. The number of nitrogens with zero attached hydrogens (tertiary/aromatic N) is 2. The van der Waals surface area contributed by atoms with E-state index < -0.39 is 28.0 Å². The molecule has 40 heavy (non-hydrogen) atoms. The molecule has 2 heterocycles. The van der Waals surface area contributed by atoms with Crippen molar-refractivity contribution in [3.8, 4) is 11.1 Å². The van der Waals surface area contributed by atoms with Crippen molar-refractivity contribution in [1.82, 2.24) is 8.87 Å². The third-order valence-electron chi connectivity index (χ3n) is 6.74. The summed E-state index contributed by atoms with van der Waals surface area (Å²) in [7, 11) is 0.433. The van der Waals surface area contributed by atoms with Gasteiger partial charge in [-0.15, -0.1) is 0 Å². The Balaban J connectivity index is 2.07. The van der Waals surface area contributed by atoms with Crippen LogP contribution >= 0.6 is 0 Å². The summed E-state index contributed by atoms with van der Waals surface area (Å²) < 4.78 is 35.7. The van der Waals surface area contributed by atoms with Crippen molar-refractivity contribution >= 4 is 44.9 Å². The maximum atomic E-state index is 14.9. The number of aryl methyl sites for hydroxylation is 1. The topological polar surface area (TPSA) is 114 Å². The fourth-order valence-electron chi connectivity index (χ4n) is 4.54. The van der Waals surface area contributed by atoms with Gasteiger partial charge in [0.05, 0.1) is 27.9 Å². The Labute approximate surface area is 233 Å². The molecule has 1 unspecified atom stereocenters. The first-order valence-electron chi connectivity index (χ1n) is 12.6. The van der Waals surface area contributed by atoms with Crippen molar-refractivity contribution in [2.45, 2.75) is 34.2 Å². The number of benzene rings is 2. The number of carbonyl (C=O) groups is 1. The molecule has 2 aromatic carbocycles. The lowest BCUT2D eigenvalue weighted by Crippen LogP contribution is -2.31. The minimum absolute atomic E-state index is 0.0387. The number of hydrogen-bond donors (Lipinski definition) is 2. The molecule has 9 nitrogen and oxygen atoms in total. The Morgan fingerprint density at radius 1 is 1.12 bits per heavy atom. The molecular weight excluding hydrogens is 535 g/mol. The average molecular weight is 567 g/mol. The fraction of sp³-hybridized carbons (Fsp3) is 0.276. The summed E-state index contributed by atoms with van der Waals surface area (Å²) in [6, 6.07) is 11.6. The first-order valence-corrected chi connectivity index (χ1v) is 14.1. The largest absolute Gasteiger partial charge is 0.421 e. The van der Waals surface area contributed by atoms with Gasteiger partial charge >= 0.3 is 5.63 Å². The highest BCUT2D eigenvalue weighted by molar-refractivity contribution is 7.81. The van der Waals surface area contributed by atoms with Crippen LogP contribution in [-0.2, 0) is 22.3 Å². The van der Waals surface area contributed by atoms with E-state index in [9.17, 15) is 23.0 Å². The standard InChI is InChI=1S/C29H31FN4O5S/c1-16-10-11-23(22(30)14-16)32-26-17(2)29(37)39-27-24(20-8-7-9-21(15-20)31-19(4)35)18(3)34(28(36)25(26)27)13-12-33(5)40(6)38/h7-11,14-15,32H,12-13H2,1-6H3,(H,31,35). The molecule has 1 amide bonds. The maximum absolute atomic E-state index is 14.9. The van der Waals surface area contributed by atoms with E-state index in [1.807, 2.05) is 0 Å². The third-order valence-corrected chi connectivity index (χ3v) is 7.80. The van der Waals surface area contributed by atoms with Crippen LogP contribution in [0.25, 0.3) is 22.1 Å². The molecule has 2 N–H and O–H groups in total. The summed E-state index contributed by atoms with van der Waals surface area (Å²) in [5.41, 5.74) is 2.06. The van der Waals surface area contributed by atoms with Crippen LogP contribution in [0.15, 0.2) is 56.5 Å². The lowest BCUT2D eigenvalue weighted by Gasteiger charge is -2.21. The summed E-state index contributed by atoms with van der Waals surface area (Å²) in [4.78, 5) is 38.8. The van der Waals surface area contributed by atoms with Crippen molar-refractivity contribution in [1.29, 1.82) is 0 Å². The van der Waals surface area contributed by atoms with Crippen molar-refractivity contribution in [2.24, 2.45) is 0 Å². The summed E-state index contributed by atoms with van der Waals surface area (Å²) >= 11 is 0. The van der Waals surface area contributed by atoms with Crippen LogP contribution in [0.4, 0.5) is 21.5 Å². The van der Waals surface area contributed by atoms with Gasteiger partial charge in [0.2, 0.25) is 5.91 Å². The Hall–Kier alpha value is -4.09. The molecule has 0 aliphatic heterocycles. The monoisotopic (exact) mass is 566 g/mol. The lowest BCUT2D eigenvalue weighted by atomic mass is 9.99. The van der Waals surface area contributed by atoms with E-state index in [0.29, 0.717) is 34.6 Å². The molecule has 2 aromatic heterocycles. The highest BCUT2D eigenvalue weighted by Gasteiger charge is 2.24. The van der Waals surface area contributed by atoms with Gasteiger partial charge in [-0.2, -0.15) is 0 Å². The van der Waals surface area contributed by atoms with E-state index in [2.05, 4.69) is 10.6 Å². The zero-order valence-corrected chi connectivity index (χ0v) is 24.0. The van der Waals surface area contributed by atoms with Gasteiger partial charge in [-0.3, -0.25) is 9.59 Å². The molecule has 0 radical (unpaired) electrons. The smallest absolute Gasteiger partial charge is 0.341 e. The van der Waals surface area contributed by atoms with Gasteiger partial charge < -0.3 is 19.6 Å². The number of aromatic nitrogens is 1. The lowest BCUT2D eigenvalue weighted by molar-refractivity contribution is -0.114. The van der Waals surface area contributed by atoms with E-state index in [1.165, 1.54) is 24.5 Å². The second kappa shape index (κ2) is 11.6. The molecule has 0 spiro atoms. The van der Waals surface area contributed by atoms with Crippen molar-refractivity contribution in [2.75, 3.05) is 30.5 Å². The predicted octanol–water partition coefficient (Wildman–Crippen LogP) is 4.61. The molecule has 0 saturated heterocycles. The van der Waals surface area contributed by atoms with Gasteiger partial charge in [0.1, 0.15) is 11.2 Å². The van der Waals surface area contributed by atoms with Crippen molar-refractivity contribution in [3.05, 3.63) is 85.9 Å². The summed E-state index contributed by atoms with van der Waals surface area (Å²) in [6.45, 7) is 6.88. The Morgan fingerprint density at radius 3 is 2.50 bits per heavy atom. The van der Waals surface area contributed by atoms with Crippen LogP contribution in [-0.4, -0.2) is 38.8 Å². The van der Waals surface area contributed by atoms with Crippen molar-refractivity contribution in [3.63, 3.8) is 0 Å². The summed E-state index contributed by atoms with van der Waals surface area (Å²) in [6.07, 6.45) is 1.55. The predicted molar refractivity (Wildman–Crippen MR) is 157 cm³/mol. The maximum Gasteiger partial charge on any atom is 0.341 e. The van der Waals surface area contributed by atoms with Crippen LogP contribution in [0.2, 0.25) is 0 Å². The fourth-order valence-corrected chi connectivity index (χ4v) is 4.88. The SMILES string of the molecule is CC(=O)Nc1cccc(-c2c(C)n(CCN(C)S(C)=O)c(=O)c3c(Nc4ccc(C)cc4F)c(C)c(=O)oc23)c1. The van der Waals surface area contributed by atoms with E-state index in [-0.39, 0.29) is 40.4 Å². The van der Waals surface area contributed by atoms with Crippen LogP contribution in [0.1, 0.15) is 23.7 Å². The number of fused-ring (bicyclic) bond motifs is 1. The van der Waals surface area contributed by atoms with Crippen LogP contribution in [0, 0.1) is 26.6 Å². The molecule has 0 aliphatic carbocycles. The Morgan fingerprint density at radius 2 is 1.85 bits per heavy atom. The third kappa shape index (κ3) is 5.75. The molecule has 210 valence electrons. The molecule has 1 atom stereocenters. The summed E-state index contributed by atoms with van der Waals surface area (Å²) in [5.74, 6) is -0.795. The van der Waals surface area contributed by atoms with Crippen LogP contribution in [0.3, 0.4) is 0 Å². The number of carbonyl (C=O) groups excluding carboxylic acids is 1. The minimum Gasteiger partial charge on any atom is -0.421 e. The van der Waals surface area contributed by atoms with Crippen LogP contribution in [0.5, 0.6) is 0 Å². The molecule has 4 aromatic rings. The van der Waals surface area contributed by atoms with Gasteiger partial charge in [0.15, 0.2) is 5.58 Å². The zero-order chi connectivity index (χ0) is 29.3. The second-order valence-corrected chi connectivity index (χ2v) is 11.1. The van der Waals surface area contributed by atoms with E-state index in [0.717, 1.165) is 0 Å². The number of nitrogens with one attached hydrogen (secondary N) is 2. The van der Waals surface area contributed by atoms with Gasteiger partial charge in [0.25, 0.3) is 5.56 Å². The highest BCUT2D eigenvalue weighted by Crippen LogP contribution is 2.36. The number of hydrogen-bond acceptors (Lipinski definition) is 6. The van der Waals surface area contributed by atoms with E-state index in [4.69, 9.17) is 4.42 Å². The van der Waals surface area contributed by atoms with E-state index >= 15 is 0 Å². The van der Waals surface area contributed by atoms with Crippen molar-refractivity contribution < 1.29 is 17.8 Å². The first-order chi connectivity index (χ1) is 18.9. The Kier molecular flexibility index (Phi) is 8.36. The second-order valence-electron chi connectivity index (χ2n) is 9.66.